The summed E-state index contributed by atoms with van der Waals surface area (Å²) in [5, 5.41) is 12.4. The Morgan fingerprint density at radius 2 is 1.51 bits per heavy atom. The van der Waals surface area contributed by atoms with Crippen molar-refractivity contribution in [2.24, 2.45) is 41.4 Å². The second-order valence-corrected chi connectivity index (χ2v) is 26.1. The Morgan fingerprint density at radius 1 is 0.792 bits per heavy atom. The monoisotopic (exact) mass is 1100 g/mol. The molecule has 77 heavy (non-hydrogen) atoms. The Labute approximate surface area is 458 Å². The molecule has 4 bridgehead atoms. The molecule has 16 atom stereocenters. The number of rotatable bonds is 12. The van der Waals surface area contributed by atoms with Crippen molar-refractivity contribution >= 4 is 36.6 Å². The van der Waals surface area contributed by atoms with E-state index in [0.29, 0.717) is 83.2 Å². The van der Waals surface area contributed by atoms with Gasteiger partial charge in [0.25, 0.3) is 11.7 Å². The molecule has 18 heteroatoms. The number of ketones is 3. The van der Waals surface area contributed by atoms with Crippen LogP contribution >= 0.6 is 7.37 Å². The van der Waals surface area contributed by atoms with Crippen molar-refractivity contribution in [1.29, 1.82) is 0 Å². The molecular weight excluding hydrogens is 1010 g/mol. The van der Waals surface area contributed by atoms with Crippen molar-refractivity contribution in [2.75, 3.05) is 67.6 Å². The highest BCUT2D eigenvalue weighted by Crippen LogP contribution is 2.48. The van der Waals surface area contributed by atoms with Gasteiger partial charge in [0.15, 0.2) is 13.2 Å². The van der Waals surface area contributed by atoms with Crippen LogP contribution < -0.4 is 0 Å². The van der Waals surface area contributed by atoms with E-state index in [1.807, 2.05) is 58.1 Å². The predicted octanol–water partition coefficient (Wildman–Crippen LogP) is 8.18. The van der Waals surface area contributed by atoms with Crippen molar-refractivity contribution in [1.82, 2.24) is 4.90 Å². The lowest BCUT2D eigenvalue weighted by atomic mass is 9.68. The van der Waals surface area contributed by atoms with Gasteiger partial charge >= 0.3 is 5.97 Å². The molecule has 0 radical (unpaired) electrons. The molecule has 5 aliphatic heterocycles. The van der Waals surface area contributed by atoms with E-state index in [-0.39, 0.29) is 73.6 Å². The number of piperidine rings is 1. The van der Waals surface area contributed by atoms with Crippen LogP contribution in [0.3, 0.4) is 0 Å². The number of hydrogen-bond donors (Lipinski definition) is 1. The lowest BCUT2D eigenvalue weighted by Crippen LogP contribution is -2.65. The Bertz CT molecular complexity index is 2180. The van der Waals surface area contributed by atoms with Crippen LogP contribution in [-0.2, 0) is 71.0 Å². The zero-order chi connectivity index (χ0) is 56.2. The Hall–Kier alpha value is -3.22. The highest BCUT2D eigenvalue weighted by molar-refractivity contribution is 7.57. The van der Waals surface area contributed by atoms with Gasteiger partial charge in [-0.05, 0) is 113 Å². The molecule has 0 aromatic carbocycles. The minimum atomic E-state index is -2.83. The van der Waals surface area contributed by atoms with Gasteiger partial charge in [0.05, 0.1) is 43.7 Å². The fourth-order valence-electron chi connectivity index (χ4n) is 12.8. The number of carbonyl (C=O) groups is 5. The number of carbonyl (C=O) groups excluding carboxylic acids is 5. The van der Waals surface area contributed by atoms with E-state index in [1.54, 1.807) is 40.4 Å². The molecule has 3 unspecified atom stereocenters. The molecule has 1 aliphatic carbocycles. The van der Waals surface area contributed by atoms with Gasteiger partial charge in [-0.1, -0.05) is 64.2 Å². The van der Waals surface area contributed by atoms with E-state index in [9.17, 15) is 33.6 Å². The molecule has 5 heterocycles. The van der Waals surface area contributed by atoms with Crippen LogP contribution in [0.15, 0.2) is 47.6 Å². The van der Waals surface area contributed by atoms with Crippen LogP contribution in [0.2, 0.25) is 0 Å². The Kier molecular flexibility index (Phi) is 23.7. The summed E-state index contributed by atoms with van der Waals surface area (Å²) in [7, 11) is 1.77. The van der Waals surface area contributed by atoms with E-state index in [2.05, 4.69) is 0 Å². The third-order valence-corrected chi connectivity index (χ3v) is 17.9. The standard InChI is InChI=1S/C59H92NO16P/c1-36-16-13-12-14-17-37(2)49(73-29-28-72-43-23-26-71-27-24-43)34-44-21-19-41(6)59(66,75-44)56(63)57(64)60-25-15-18-45-46(32-42-20-22-48(51(33-42)68-7)76-77(10,11)67)50(74-58(65)52(45)60)35-47(61)38(3)31-40(5)54(69-8)55(70-9)53(62)39(4)30-36/h12-14,16-17,31,36,38-39,41-46,48-52,54-55,66H,15,18-30,32-35H2,1-11H3/b14-12+,16-13+,37-17+,40-31+/t36-,38-,39-,41-,42+,44+,45-,46?,48-,49?,50+,51-,52?,54-,55+,59-/m1/s1. The van der Waals surface area contributed by atoms with E-state index in [1.165, 1.54) is 19.1 Å². The van der Waals surface area contributed by atoms with Crippen molar-refractivity contribution in [3.8, 4) is 0 Å². The number of amides is 1. The van der Waals surface area contributed by atoms with Crippen molar-refractivity contribution < 1.29 is 76.1 Å². The molecule has 1 amide bonds. The van der Waals surface area contributed by atoms with Crippen LogP contribution in [0.4, 0.5) is 0 Å². The average Bonchev–Trinajstić information content (AvgIpc) is 3.41. The number of Topliss-reactive ketones (excluding diaryl/α,β-unsaturated/α-hetero) is 3. The minimum Gasteiger partial charge on any atom is -0.460 e. The number of methoxy groups -OCH3 is 3. The summed E-state index contributed by atoms with van der Waals surface area (Å²) in [6.45, 7) is 16.4. The first kappa shape index (κ1) is 63.0. The third-order valence-electron chi connectivity index (χ3n) is 17.1. The zero-order valence-electron chi connectivity index (χ0n) is 47.9. The summed E-state index contributed by atoms with van der Waals surface area (Å²) in [5.41, 5.74) is 1.52. The zero-order valence-corrected chi connectivity index (χ0v) is 48.8. The number of esters is 1. The summed E-state index contributed by atoms with van der Waals surface area (Å²) in [5.74, 6) is -8.29. The largest absolute Gasteiger partial charge is 0.460 e. The summed E-state index contributed by atoms with van der Waals surface area (Å²) in [4.78, 5) is 73.9. The van der Waals surface area contributed by atoms with Crippen LogP contribution in [-0.4, -0.2) is 168 Å². The lowest BCUT2D eigenvalue weighted by Gasteiger charge is -2.50. The first-order valence-electron chi connectivity index (χ1n) is 28.4. The van der Waals surface area contributed by atoms with E-state index < -0.39 is 91.0 Å². The van der Waals surface area contributed by atoms with Crippen LogP contribution in [0.5, 0.6) is 0 Å². The quantitative estimate of drug-likeness (QED) is 0.0642. The predicted molar refractivity (Wildman–Crippen MR) is 290 cm³/mol. The van der Waals surface area contributed by atoms with Crippen molar-refractivity contribution in [3.63, 3.8) is 0 Å². The second kappa shape index (κ2) is 29.0. The molecule has 1 saturated carbocycles. The molecule has 434 valence electrons. The van der Waals surface area contributed by atoms with Crippen molar-refractivity contribution in [2.45, 2.75) is 186 Å². The minimum absolute atomic E-state index is 0.0296. The van der Waals surface area contributed by atoms with E-state index in [4.69, 9.17) is 42.4 Å². The second-order valence-electron chi connectivity index (χ2n) is 23.4. The third kappa shape index (κ3) is 16.7. The van der Waals surface area contributed by atoms with Gasteiger partial charge < -0.3 is 52.4 Å². The molecule has 4 saturated heterocycles. The Balaban J connectivity index is 1.34. The number of aliphatic hydroxyl groups is 1. The van der Waals surface area contributed by atoms with Gasteiger partial charge in [0.2, 0.25) is 5.79 Å². The summed E-state index contributed by atoms with van der Waals surface area (Å²) < 4.78 is 67.3. The van der Waals surface area contributed by atoms with Crippen LogP contribution in [0.1, 0.15) is 125 Å². The number of ether oxygens (including phenoxy) is 8. The number of fused-ring (bicyclic) bond motifs is 4. The molecule has 17 nitrogen and oxygen atoms in total. The molecule has 1 N–H and O–H groups in total. The van der Waals surface area contributed by atoms with Gasteiger partial charge in [-0.3, -0.25) is 23.7 Å². The fourth-order valence-corrected chi connectivity index (χ4v) is 13.7. The molecule has 5 fully saturated rings. The molecule has 6 aliphatic rings. The first-order valence-corrected chi connectivity index (χ1v) is 31.0. The molecule has 6 rings (SSSR count). The topological polar surface area (TPSA) is 209 Å². The lowest BCUT2D eigenvalue weighted by molar-refractivity contribution is -0.266. The average molecular weight is 1100 g/mol. The SMILES string of the molecule is CO[C@@H]1/C(C)=C/[C@@H](C)C(=O)C[C@@H]2OC(=O)C3[C@H](CCCN3C(=O)C(=O)[C@]3(O)O[C@@H](CC[C@H]3C)CC(OCCOC3CCOCC3)/C(C)=C/C=C/C=C/[C@@H](C)C[C@@H](C)C(=O)[C@@H]1OC)C2C[C@@H]1CC[C@@H](OP(C)(C)=O)[C@H](OC)C1. The van der Waals surface area contributed by atoms with Crippen LogP contribution in [0.25, 0.3) is 0 Å². The maximum Gasteiger partial charge on any atom is 0.329 e. The van der Waals surface area contributed by atoms with Gasteiger partial charge in [0, 0.05) is 90.9 Å². The van der Waals surface area contributed by atoms with Crippen LogP contribution in [0, 0.1) is 41.4 Å². The summed E-state index contributed by atoms with van der Waals surface area (Å²) in [6.07, 6.45) is 13.8. The maximum absolute atomic E-state index is 14.8. The van der Waals surface area contributed by atoms with Crippen molar-refractivity contribution in [3.05, 3.63) is 47.6 Å². The summed E-state index contributed by atoms with van der Waals surface area (Å²) >= 11 is 0. The number of hydrogen-bond acceptors (Lipinski definition) is 16. The van der Waals surface area contributed by atoms with Gasteiger partial charge in [-0.15, -0.1) is 0 Å². The normalized spacial score (nSPS) is 39.6. The summed E-state index contributed by atoms with van der Waals surface area (Å²) in [6, 6.07) is -1.15. The number of nitrogens with zero attached hydrogens (tertiary/aromatic N) is 1. The molecule has 0 aromatic heterocycles. The van der Waals surface area contributed by atoms with Gasteiger partial charge in [-0.25, -0.2) is 4.79 Å². The Morgan fingerprint density at radius 3 is 2.19 bits per heavy atom. The number of allylic oxidation sites excluding steroid dienone is 6. The smallest absolute Gasteiger partial charge is 0.329 e. The maximum atomic E-state index is 14.8. The van der Waals surface area contributed by atoms with Gasteiger partial charge in [0.1, 0.15) is 30.1 Å². The van der Waals surface area contributed by atoms with E-state index in [0.717, 1.165) is 18.4 Å². The van der Waals surface area contributed by atoms with Gasteiger partial charge in [-0.2, -0.15) is 0 Å². The first-order chi connectivity index (χ1) is 36.6. The molecule has 0 aromatic rings. The van der Waals surface area contributed by atoms with E-state index >= 15 is 0 Å². The molecular formula is C59H92NO16P. The molecule has 0 spiro atoms. The highest BCUT2D eigenvalue weighted by Gasteiger charge is 2.57. The fraction of sp³-hybridized carbons (Fsp3) is 0.780. The highest BCUT2D eigenvalue weighted by atomic mass is 31.2.